The first-order chi connectivity index (χ1) is 12.3. The van der Waals surface area contributed by atoms with Crippen molar-refractivity contribution in [1.29, 1.82) is 0 Å². The molecule has 0 saturated carbocycles. The average molecular weight is 362 g/mol. The molecule has 5 nitrogen and oxygen atoms in total. The van der Waals surface area contributed by atoms with Gasteiger partial charge in [-0.15, -0.1) is 10.2 Å². The number of rotatable bonds is 4. The van der Waals surface area contributed by atoms with Crippen molar-refractivity contribution < 1.29 is 27.1 Å². The largest absolute Gasteiger partial charge is 0.449 e. The van der Waals surface area contributed by atoms with Crippen LogP contribution in [0, 0.1) is 0 Å². The minimum Gasteiger partial charge on any atom is -0.449 e. The van der Waals surface area contributed by atoms with Crippen LogP contribution in [0.1, 0.15) is 34.8 Å². The summed E-state index contributed by atoms with van der Waals surface area (Å²) in [6.07, 6.45) is -5.32. The molecule has 0 unspecified atom stereocenters. The first kappa shape index (κ1) is 17.7. The number of hydrogen-bond acceptors (Lipinski definition) is 5. The number of alkyl halides is 3. The fourth-order valence-electron chi connectivity index (χ4n) is 2.17. The number of esters is 1. The second-order valence-corrected chi connectivity index (χ2v) is 5.43. The zero-order valence-electron chi connectivity index (χ0n) is 13.5. The number of carbonyl (C=O) groups excluding carboxylic acids is 1. The maximum Gasteiger partial charge on any atom is 0.416 e. The van der Waals surface area contributed by atoms with Crippen molar-refractivity contribution in [1.82, 2.24) is 10.2 Å². The SMILES string of the molecule is C[C@@H](OC(=O)c1ccc(C(F)(F)F)cc1)c1nnc(-c2ccccc2)o1. The molecule has 0 fully saturated rings. The van der Waals surface area contributed by atoms with Gasteiger partial charge < -0.3 is 9.15 Å². The molecule has 0 spiro atoms. The van der Waals surface area contributed by atoms with Crippen molar-refractivity contribution >= 4 is 5.97 Å². The molecule has 26 heavy (non-hydrogen) atoms. The van der Waals surface area contributed by atoms with Crippen LogP contribution in [0.2, 0.25) is 0 Å². The topological polar surface area (TPSA) is 65.2 Å². The number of carbonyl (C=O) groups is 1. The summed E-state index contributed by atoms with van der Waals surface area (Å²) in [5, 5.41) is 7.74. The van der Waals surface area contributed by atoms with Gasteiger partial charge in [-0.05, 0) is 43.3 Å². The maximum atomic E-state index is 12.6. The Morgan fingerprint density at radius 1 is 1.04 bits per heavy atom. The first-order valence-corrected chi connectivity index (χ1v) is 7.61. The highest BCUT2D eigenvalue weighted by molar-refractivity contribution is 5.89. The smallest absolute Gasteiger partial charge is 0.416 e. The molecule has 0 saturated heterocycles. The van der Waals surface area contributed by atoms with E-state index in [9.17, 15) is 18.0 Å². The fraction of sp³-hybridized carbons (Fsp3) is 0.167. The van der Waals surface area contributed by atoms with Crippen molar-refractivity contribution in [3.8, 4) is 11.5 Å². The first-order valence-electron chi connectivity index (χ1n) is 7.61. The molecular formula is C18H13F3N2O3. The zero-order valence-corrected chi connectivity index (χ0v) is 13.5. The van der Waals surface area contributed by atoms with Gasteiger partial charge in [-0.2, -0.15) is 13.2 Å². The van der Waals surface area contributed by atoms with Gasteiger partial charge >= 0.3 is 12.1 Å². The van der Waals surface area contributed by atoms with Crippen LogP contribution in [-0.4, -0.2) is 16.2 Å². The third kappa shape index (κ3) is 3.90. The minimum absolute atomic E-state index is 0.00681. The lowest BCUT2D eigenvalue weighted by Crippen LogP contribution is -2.11. The molecular weight excluding hydrogens is 349 g/mol. The Kier molecular flexibility index (Phi) is 4.75. The summed E-state index contributed by atoms with van der Waals surface area (Å²) in [4.78, 5) is 12.1. The summed E-state index contributed by atoms with van der Waals surface area (Å²) in [5.74, 6) is -0.423. The number of halogens is 3. The van der Waals surface area contributed by atoms with E-state index in [2.05, 4.69) is 10.2 Å². The van der Waals surface area contributed by atoms with E-state index in [0.29, 0.717) is 5.56 Å². The molecule has 2 aromatic carbocycles. The van der Waals surface area contributed by atoms with E-state index in [1.807, 2.05) is 18.2 Å². The lowest BCUT2D eigenvalue weighted by molar-refractivity contribution is -0.137. The molecule has 0 aliphatic rings. The molecule has 3 rings (SSSR count). The molecule has 134 valence electrons. The molecule has 3 aromatic rings. The standard InChI is InChI=1S/C18H13F3N2O3/c1-11(15-22-23-16(26-15)12-5-3-2-4-6-12)25-17(24)13-7-9-14(10-8-13)18(19,20)21/h2-11H,1H3/t11-/m1/s1. The fourth-order valence-corrected chi connectivity index (χ4v) is 2.17. The minimum atomic E-state index is -4.46. The van der Waals surface area contributed by atoms with Gasteiger partial charge in [-0.1, -0.05) is 18.2 Å². The summed E-state index contributed by atoms with van der Waals surface area (Å²) in [7, 11) is 0. The van der Waals surface area contributed by atoms with Gasteiger partial charge in [0, 0.05) is 5.56 Å². The molecule has 0 aliphatic heterocycles. The Bertz CT molecular complexity index is 890. The van der Waals surface area contributed by atoms with Gasteiger partial charge in [0.15, 0.2) is 6.10 Å². The third-order valence-corrected chi connectivity index (χ3v) is 3.54. The summed E-state index contributed by atoms with van der Waals surface area (Å²) >= 11 is 0. The van der Waals surface area contributed by atoms with Crippen molar-refractivity contribution in [3.05, 3.63) is 71.6 Å². The molecule has 0 amide bonds. The molecule has 1 atom stereocenters. The monoisotopic (exact) mass is 362 g/mol. The number of hydrogen-bond donors (Lipinski definition) is 0. The molecule has 8 heteroatoms. The lowest BCUT2D eigenvalue weighted by Gasteiger charge is -2.10. The Morgan fingerprint density at radius 3 is 2.31 bits per heavy atom. The third-order valence-electron chi connectivity index (χ3n) is 3.54. The van der Waals surface area contributed by atoms with Crippen LogP contribution in [0.15, 0.2) is 59.0 Å². The summed E-state index contributed by atoms with van der Waals surface area (Å²) in [6.45, 7) is 1.53. The van der Waals surface area contributed by atoms with Gasteiger partial charge in [0.1, 0.15) is 0 Å². The summed E-state index contributed by atoms with van der Waals surface area (Å²) < 4.78 is 48.3. The quantitative estimate of drug-likeness (QED) is 0.631. The van der Waals surface area contributed by atoms with Crippen molar-refractivity contribution in [2.24, 2.45) is 0 Å². The van der Waals surface area contributed by atoms with Gasteiger partial charge in [0.05, 0.1) is 11.1 Å². The van der Waals surface area contributed by atoms with Gasteiger partial charge in [0.25, 0.3) is 5.89 Å². The van der Waals surface area contributed by atoms with E-state index in [1.165, 1.54) is 6.92 Å². The predicted molar refractivity (Wildman–Crippen MR) is 85.0 cm³/mol. The van der Waals surface area contributed by atoms with Crippen LogP contribution >= 0.6 is 0 Å². The van der Waals surface area contributed by atoms with Gasteiger partial charge in [-0.3, -0.25) is 0 Å². The molecule has 0 bridgehead atoms. The number of nitrogens with zero attached hydrogens (tertiary/aromatic N) is 2. The van der Waals surface area contributed by atoms with Gasteiger partial charge in [0.2, 0.25) is 5.89 Å². The Hall–Kier alpha value is -3.16. The van der Waals surface area contributed by atoms with Crippen molar-refractivity contribution in [2.45, 2.75) is 19.2 Å². The van der Waals surface area contributed by atoms with Crippen LogP contribution in [0.3, 0.4) is 0 Å². The Balaban J connectivity index is 1.69. The van der Waals surface area contributed by atoms with Crippen LogP contribution in [0.25, 0.3) is 11.5 Å². The molecule has 0 aliphatic carbocycles. The molecule has 1 heterocycles. The van der Waals surface area contributed by atoms with Crippen LogP contribution in [0.5, 0.6) is 0 Å². The van der Waals surface area contributed by atoms with Gasteiger partial charge in [-0.25, -0.2) is 4.79 Å². The van der Waals surface area contributed by atoms with E-state index in [0.717, 1.165) is 24.3 Å². The second-order valence-electron chi connectivity index (χ2n) is 5.43. The second kappa shape index (κ2) is 6.99. The Labute approximate surface area is 146 Å². The van der Waals surface area contributed by atoms with Crippen molar-refractivity contribution in [2.75, 3.05) is 0 Å². The average Bonchev–Trinajstić information content (AvgIpc) is 3.12. The number of benzene rings is 2. The number of aromatic nitrogens is 2. The van der Waals surface area contributed by atoms with E-state index >= 15 is 0 Å². The number of ether oxygens (including phenoxy) is 1. The summed E-state index contributed by atoms with van der Waals surface area (Å²) in [5.41, 5.74) is -0.133. The highest BCUT2D eigenvalue weighted by Crippen LogP contribution is 2.29. The van der Waals surface area contributed by atoms with E-state index in [4.69, 9.17) is 9.15 Å². The summed E-state index contributed by atoms with van der Waals surface area (Å²) in [6, 6.07) is 12.8. The van der Waals surface area contributed by atoms with Crippen molar-refractivity contribution in [3.63, 3.8) is 0 Å². The van der Waals surface area contributed by atoms with E-state index < -0.39 is 23.8 Å². The Morgan fingerprint density at radius 2 is 1.69 bits per heavy atom. The highest BCUT2D eigenvalue weighted by Gasteiger charge is 2.30. The van der Waals surface area contributed by atoms with E-state index in [-0.39, 0.29) is 17.3 Å². The highest BCUT2D eigenvalue weighted by atomic mass is 19.4. The van der Waals surface area contributed by atoms with Crippen LogP contribution in [0.4, 0.5) is 13.2 Å². The lowest BCUT2D eigenvalue weighted by atomic mass is 10.1. The predicted octanol–water partition coefficient (Wildman–Crippen LogP) is 4.67. The molecule has 1 aromatic heterocycles. The molecule has 0 N–H and O–H groups in total. The normalized spacial score (nSPS) is 12.6. The zero-order chi connectivity index (χ0) is 18.7. The van der Waals surface area contributed by atoms with Crippen LogP contribution < -0.4 is 0 Å². The molecule has 0 radical (unpaired) electrons. The van der Waals surface area contributed by atoms with Crippen LogP contribution in [-0.2, 0) is 10.9 Å². The maximum absolute atomic E-state index is 12.6. The van der Waals surface area contributed by atoms with E-state index in [1.54, 1.807) is 12.1 Å².